The third-order valence-corrected chi connectivity index (χ3v) is 3.90. The Hall–Kier alpha value is -1.86. The Morgan fingerprint density at radius 3 is 2.48 bits per heavy atom. The summed E-state index contributed by atoms with van der Waals surface area (Å²) in [4.78, 5) is 11.7. The molecule has 0 aliphatic rings. The minimum atomic E-state index is -0.406. The van der Waals surface area contributed by atoms with Crippen LogP contribution in [0.15, 0.2) is 56.5 Å². The number of rotatable bonds is 5. The van der Waals surface area contributed by atoms with Crippen LogP contribution >= 0.6 is 31.9 Å². The molecule has 5 nitrogen and oxygen atoms in total. The zero-order chi connectivity index (χ0) is 16.7. The van der Waals surface area contributed by atoms with Gasteiger partial charge in [-0.25, -0.2) is 10.2 Å². The van der Waals surface area contributed by atoms with Crippen molar-refractivity contribution in [1.29, 1.82) is 0 Å². The van der Waals surface area contributed by atoms with Gasteiger partial charge in [-0.15, -0.1) is 0 Å². The Morgan fingerprint density at radius 1 is 1.22 bits per heavy atom. The van der Waals surface area contributed by atoms with Crippen LogP contribution in [0.3, 0.4) is 0 Å². The van der Waals surface area contributed by atoms with Crippen LogP contribution in [-0.2, 0) is 0 Å². The fourth-order valence-corrected chi connectivity index (χ4v) is 3.23. The Labute approximate surface area is 151 Å². The summed E-state index contributed by atoms with van der Waals surface area (Å²) in [6.07, 6.45) is 1.55. The van der Waals surface area contributed by atoms with Crippen molar-refractivity contribution in [1.82, 2.24) is 5.43 Å². The number of halogens is 2. The van der Waals surface area contributed by atoms with E-state index in [0.717, 1.165) is 20.3 Å². The molecule has 0 radical (unpaired) electrons. The topological polar surface area (TPSA) is 62.7 Å². The number of amides is 2. The molecule has 2 rings (SSSR count). The molecule has 0 fully saturated rings. The summed E-state index contributed by atoms with van der Waals surface area (Å²) in [7, 11) is 0. The van der Waals surface area contributed by atoms with E-state index in [1.165, 1.54) is 0 Å². The largest absolute Gasteiger partial charge is 0.492 e. The second-order valence-electron chi connectivity index (χ2n) is 4.44. The Kier molecular flexibility index (Phi) is 6.61. The molecule has 0 aliphatic carbocycles. The van der Waals surface area contributed by atoms with Crippen LogP contribution in [-0.4, -0.2) is 18.9 Å². The first kappa shape index (κ1) is 17.5. The molecule has 0 atom stereocenters. The number of hydrazone groups is 1. The predicted octanol–water partition coefficient (Wildman–Crippen LogP) is 4.77. The number of ether oxygens (including phenoxy) is 1. The standard InChI is InChI=1S/C16H15Br2N3O2/c1-2-23-15-13(17)8-11(9-14(15)18)10-19-21-16(22)20-12-6-4-3-5-7-12/h3-10H,2H2,1H3,(H2,20,21,22)/b19-10+. The molecule has 2 aromatic rings. The first-order chi connectivity index (χ1) is 11.1. The highest BCUT2D eigenvalue weighted by atomic mass is 79.9. The minimum Gasteiger partial charge on any atom is -0.492 e. The molecule has 0 saturated heterocycles. The van der Waals surface area contributed by atoms with Gasteiger partial charge in [0.1, 0.15) is 5.75 Å². The Morgan fingerprint density at radius 2 is 1.87 bits per heavy atom. The zero-order valence-electron chi connectivity index (χ0n) is 12.3. The second-order valence-corrected chi connectivity index (χ2v) is 6.15. The van der Waals surface area contributed by atoms with Crippen molar-refractivity contribution in [2.45, 2.75) is 6.92 Å². The summed E-state index contributed by atoms with van der Waals surface area (Å²) in [5, 5.41) is 6.60. The van der Waals surface area contributed by atoms with E-state index >= 15 is 0 Å². The normalized spacial score (nSPS) is 10.6. The quantitative estimate of drug-likeness (QED) is 0.519. The number of urea groups is 1. The number of hydrogen-bond donors (Lipinski definition) is 2. The van der Waals surface area contributed by atoms with Crippen LogP contribution < -0.4 is 15.5 Å². The smallest absolute Gasteiger partial charge is 0.339 e. The van der Waals surface area contributed by atoms with Crippen molar-refractivity contribution in [2.75, 3.05) is 11.9 Å². The van der Waals surface area contributed by atoms with Crippen molar-refractivity contribution in [2.24, 2.45) is 5.10 Å². The van der Waals surface area contributed by atoms with Crippen molar-refractivity contribution in [3.05, 3.63) is 57.0 Å². The molecule has 2 aromatic carbocycles. The zero-order valence-corrected chi connectivity index (χ0v) is 15.5. The SMILES string of the molecule is CCOc1c(Br)cc(/C=N/NC(=O)Nc2ccccc2)cc1Br. The fourth-order valence-electron chi connectivity index (χ4n) is 1.78. The molecule has 0 saturated carbocycles. The van der Waals surface area contributed by atoms with Gasteiger partial charge in [0, 0.05) is 5.69 Å². The van der Waals surface area contributed by atoms with Gasteiger partial charge in [-0.2, -0.15) is 5.10 Å². The van der Waals surface area contributed by atoms with E-state index < -0.39 is 6.03 Å². The highest BCUT2D eigenvalue weighted by Crippen LogP contribution is 2.34. The van der Waals surface area contributed by atoms with Gasteiger partial charge in [0.05, 0.1) is 21.8 Å². The lowest BCUT2D eigenvalue weighted by molar-refractivity contribution is 0.252. The molecule has 23 heavy (non-hydrogen) atoms. The second kappa shape index (κ2) is 8.69. The van der Waals surface area contributed by atoms with Crippen molar-refractivity contribution >= 4 is 49.8 Å². The number of nitrogens with one attached hydrogen (secondary N) is 2. The summed E-state index contributed by atoms with van der Waals surface area (Å²) < 4.78 is 7.13. The average molecular weight is 441 g/mol. The van der Waals surface area contributed by atoms with E-state index in [1.807, 2.05) is 37.3 Å². The maximum Gasteiger partial charge on any atom is 0.339 e. The number of para-hydroxylation sites is 1. The molecule has 7 heteroatoms. The van der Waals surface area contributed by atoms with Crippen molar-refractivity contribution in [3.8, 4) is 5.75 Å². The molecule has 0 bridgehead atoms. The lowest BCUT2D eigenvalue weighted by Crippen LogP contribution is -2.24. The monoisotopic (exact) mass is 439 g/mol. The van der Waals surface area contributed by atoms with Crippen LogP contribution in [0.2, 0.25) is 0 Å². The molecule has 0 unspecified atom stereocenters. The van der Waals surface area contributed by atoms with Gasteiger partial charge < -0.3 is 10.1 Å². The number of hydrogen-bond acceptors (Lipinski definition) is 3. The third kappa shape index (κ3) is 5.37. The number of anilines is 1. The molecule has 0 heterocycles. The van der Waals surface area contributed by atoms with Crippen molar-refractivity contribution < 1.29 is 9.53 Å². The van der Waals surface area contributed by atoms with Gasteiger partial charge in [0.2, 0.25) is 0 Å². The van der Waals surface area contributed by atoms with Gasteiger partial charge in [-0.05, 0) is 68.6 Å². The van der Waals surface area contributed by atoms with Crippen LogP contribution in [0.25, 0.3) is 0 Å². The van der Waals surface area contributed by atoms with Crippen molar-refractivity contribution in [3.63, 3.8) is 0 Å². The van der Waals surface area contributed by atoms with Crippen LogP contribution in [0.5, 0.6) is 5.75 Å². The minimum absolute atomic E-state index is 0.406. The molecular formula is C16H15Br2N3O2. The van der Waals surface area contributed by atoms with Gasteiger partial charge >= 0.3 is 6.03 Å². The van der Waals surface area contributed by atoms with Gasteiger partial charge in [0.15, 0.2) is 0 Å². The molecule has 2 amide bonds. The van der Waals surface area contributed by atoms with Crippen LogP contribution in [0.1, 0.15) is 12.5 Å². The van der Waals surface area contributed by atoms with E-state index in [2.05, 4.69) is 47.7 Å². The predicted molar refractivity (Wildman–Crippen MR) is 99.2 cm³/mol. The fraction of sp³-hybridized carbons (Fsp3) is 0.125. The molecule has 0 spiro atoms. The summed E-state index contributed by atoms with van der Waals surface area (Å²) in [6.45, 7) is 2.50. The lowest BCUT2D eigenvalue weighted by atomic mass is 10.2. The molecule has 2 N–H and O–H groups in total. The maximum absolute atomic E-state index is 11.7. The summed E-state index contributed by atoms with van der Waals surface area (Å²) in [6, 6.07) is 12.5. The Balaban J connectivity index is 1.96. The first-order valence-corrected chi connectivity index (χ1v) is 8.45. The highest BCUT2D eigenvalue weighted by molar-refractivity contribution is 9.11. The number of carbonyl (C=O) groups excluding carboxylic acids is 1. The molecule has 0 aliphatic heterocycles. The Bertz CT molecular complexity index is 683. The number of benzene rings is 2. The number of nitrogens with zero attached hydrogens (tertiary/aromatic N) is 1. The lowest BCUT2D eigenvalue weighted by Gasteiger charge is -2.09. The summed E-state index contributed by atoms with van der Waals surface area (Å²) >= 11 is 6.90. The number of carbonyl (C=O) groups is 1. The van der Waals surface area contributed by atoms with E-state index in [9.17, 15) is 4.79 Å². The van der Waals surface area contributed by atoms with Crippen LogP contribution in [0.4, 0.5) is 10.5 Å². The van der Waals surface area contributed by atoms with Crippen LogP contribution in [0, 0.1) is 0 Å². The first-order valence-electron chi connectivity index (χ1n) is 6.87. The molecule has 120 valence electrons. The van der Waals surface area contributed by atoms with Gasteiger partial charge in [-0.1, -0.05) is 18.2 Å². The average Bonchev–Trinajstić information content (AvgIpc) is 2.52. The molecule has 0 aromatic heterocycles. The van der Waals surface area contributed by atoms with Gasteiger partial charge in [-0.3, -0.25) is 0 Å². The third-order valence-electron chi connectivity index (χ3n) is 2.72. The highest BCUT2D eigenvalue weighted by Gasteiger charge is 2.07. The summed E-state index contributed by atoms with van der Waals surface area (Å²) in [5.74, 6) is 0.736. The summed E-state index contributed by atoms with van der Waals surface area (Å²) in [5.41, 5.74) is 3.93. The van der Waals surface area contributed by atoms with E-state index in [4.69, 9.17) is 4.74 Å². The van der Waals surface area contributed by atoms with E-state index in [0.29, 0.717) is 12.3 Å². The van der Waals surface area contributed by atoms with Gasteiger partial charge in [0.25, 0.3) is 0 Å². The van der Waals surface area contributed by atoms with E-state index in [-0.39, 0.29) is 0 Å². The van der Waals surface area contributed by atoms with E-state index in [1.54, 1.807) is 18.3 Å². The maximum atomic E-state index is 11.7. The molecular weight excluding hydrogens is 426 g/mol.